The minimum absolute atomic E-state index is 0.413. The van der Waals surface area contributed by atoms with Crippen LogP contribution in [0.1, 0.15) is 141 Å². The third-order valence-corrected chi connectivity index (χ3v) is 24.6. The molecule has 0 aromatic heterocycles. The second kappa shape index (κ2) is 19.3. The van der Waals surface area contributed by atoms with Gasteiger partial charge in [-0.1, -0.05) is 146 Å². The third kappa shape index (κ3) is 11.5. The molecular weight excluding hydrogens is 689 g/mol. The fourth-order valence-electron chi connectivity index (χ4n) is 7.89. The molecule has 51 heavy (non-hydrogen) atoms. The molecule has 0 radical (unpaired) electrons. The number of carbonyl (C=O) groups is 1. The summed E-state index contributed by atoms with van der Waals surface area (Å²) in [5.41, 5.74) is 21.8. The largest absolute Gasteiger partial charge is 0.349 e. The molecule has 0 N–H and O–H groups in total. The van der Waals surface area contributed by atoms with E-state index in [1.165, 1.54) is 0 Å². The monoisotopic (exact) mass is 760 g/mol. The van der Waals surface area contributed by atoms with E-state index in [0.717, 1.165) is 23.0 Å². The molecule has 0 atom stereocenters. The Bertz CT molecular complexity index is 1560. The third-order valence-electron chi connectivity index (χ3n) is 10.2. The molecule has 0 aliphatic rings. The molecule has 0 spiro atoms. The highest BCUT2D eigenvalue weighted by molar-refractivity contribution is 6.91. The highest BCUT2D eigenvalue weighted by atomic mass is 28.3. The first-order chi connectivity index (χ1) is 23.4. The van der Waals surface area contributed by atoms with Crippen LogP contribution in [-0.4, -0.2) is 51.8 Å². The molecule has 0 aliphatic carbocycles. The van der Waals surface area contributed by atoms with E-state index in [1.807, 2.05) is 13.8 Å². The molecule has 0 saturated heterocycles. The average Bonchev–Trinajstić information content (AvgIpc) is 2.97. The lowest BCUT2D eigenvalue weighted by atomic mass is 9.87. The van der Waals surface area contributed by atoms with Crippen LogP contribution in [0.3, 0.4) is 0 Å². The van der Waals surface area contributed by atoms with Crippen LogP contribution in [0, 0.1) is 45.9 Å². The van der Waals surface area contributed by atoms with Crippen molar-refractivity contribution in [3.8, 4) is 45.9 Å². The lowest BCUT2D eigenvalue weighted by molar-refractivity contribution is -0.140. The maximum atomic E-state index is 13.7. The van der Waals surface area contributed by atoms with Crippen LogP contribution in [0.25, 0.3) is 0 Å². The van der Waals surface area contributed by atoms with Crippen LogP contribution < -0.4 is 0 Å². The molecule has 0 unspecified atom stereocenters. The van der Waals surface area contributed by atoms with Crippen molar-refractivity contribution in [3.05, 3.63) is 33.4 Å². The number of hydrogen-bond acceptors (Lipinski definition) is 3. The smallest absolute Gasteiger partial charge is 0.185 e. The average molecular weight is 761 g/mol. The van der Waals surface area contributed by atoms with E-state index >= 15 is 0 Å². The van der Waals surface area contributed by atoms with Gasteiger partial charge in [0.2, 0.25) is 0 Å². The summed E-state index contributed by atoms with van der Waals surface area (Å²) in [5, 5.41) is 0. The summed E-state index contributed by atoms with van der Waals surface area (Å²) in [6, 6.07) is 0. The van der Waals surface area contributed by atoms with Gasteiger partial charge in [-0.05, 0) is 47.1 Å². The maximum Gasteiger partial charge on any atom is 0.185 e. The number of benzene rings is 1. The fraction of sp³-hybridized carbons (Fsp3) is 0.659. The molecule has 0 fully saturated rings. The van der Waals surface area contributed by atoms with Crippen LogP contribution >= 0.6 is 0 Å². The van der Waals surface area contributed by atoms with Gasteiger partial charge in [-0.25, -0.2) is 0 Å². The number of carbonyl (C=O) groups excluding carboxylic acids is 1. The quantitative estimate of drug-likeness (QED) is 0.0921. The van der Waals surface area contributed by atoms with Crippen molar-refractivity contribution in [2.24, 2.45) is 0 Å². The maximum absolute atomic E-state index is 13.7. The Balaban J connectivity index is 5.15. The molecule has 7 heteroatoms. The Kier molecular flexibility index (Phi) is 17.8. The zero-order valence-electron chi connectivity index (χ0n) is 36.3. The Morgan fingerprint density at radius 3 is 1.06 bits per heavy atom. The molecule has 0 heterocycles. The van der Waals surface area contributed by atoms with E-state index in [1.54, 1.807) is 0 Å². The zero-order chi connectivity index (χ0) is 39.7. The Morgan fingerprint density at radius 1 is 0.490 bits per heavy atom. The van der Waals surface area contributed by atoms with Crippen molar-refractivity contribution in [2.75, 3.05) is 13.2 Å². The van der Waals surface area contributed by atoms with E-state index in [0.29, 0.717) is 63.2 Å². The first-order valence-electron chi connectivity index (χ1n) is 19.4. The summed E-state index contributed by atoms with van der Waals surface area (Å²) in [4.78, 5) is 13.7. The molecule has 0 amide bonds. The van der Waals surface area contributed by atoms with Crippen molar-refractivity contribution in [3.63, 3.8) is 0 Å². The highest BCUT2D eigenvalue weighted by Crippen LogP contribution is 2.43. The molecule has 1 aromatic rings. The standard InChI is InChI=1S/C44H72O3Si4/c1-21-46-44(47-22-2)43-41(26-30-51(35(9)10,36(11)12)37(13)14)39(24-28-49(18,19)20)38(23-27-48(15,16)17)40(42(43)31-45)25-29-50(32(3)4,33(5)6)34(7)8/h31-37,44H,21-22H2,1-20H3. The van der Waals surface area contributed by atoms with Gasteiger partial charge in [-0.3, -0.25) is 4.79 Å². The molecule has 0 aliphatic heterocycles. The minimum atomic E-state index is -2.19. The first kappa shape index (κ1) is 46.9. The van der Waals surface area contributed by atoms with Gasteiger partial charge in [0.15, 0.2) is 12.6 Å². The Morgan fingerprint density at radius 2 is 0.784 bits per heavy atom. The molecular formula is C44H72O3Si4. The minimum Gasteiger partial charge on any atom is -0.349 e. The predicted molar refractivity (Wildman–Crippen MR) is 234 cm³/mol. The number of hydrogen-bond donors (Lipinski definition) is 0. The van der Waals surface area contributed by atoms with Gasteiger partial charge in [0.25, 0.3) is 0 Å². The lowest BCUT2D eigenvalue weighted by Gasteiger charge is -2.38. The van der Waals surface area contributed by atoms with Gasteiger partial charge in [0.1, 0.15) is 32.3 Å². The highest BCUT2D eigenvalue weighted by Gasteiger charge is 2.43. The van der Waals surface area contributed by atoms with Gasteiger partial charge in [0, 0.05) is 29.9 Å². The lowest BCUT2D eigenvalue weighted by Crippen LogP contribution is -2.43. The first-order valence-corrected chi connectivity index (χ1v) is 30.9. The van der Waals surface area contributed by atoms with Crippen molar-refractivity contribution in [1.29, 1.82) is 0 Å². The van der Waals surface area contributed by atoms with Gasteiger partial charge in [0.05, 0.1) is 16.7 Å². The second-order valence-corrected chi connectivity index (χ2v) is 38.6. The molecule has 1 rings (SSSR count). The molecule has 0 saturated carbocycles. The molecule has 282 valence electrons. The van der Waals surface area contributed by atoms with Crippen LogP contribution in [0.4, 0.5) is 0 Å². The van der Waals surface area contributed by atoms with E-state index < -0.39 is 38.6 Å². The van der Waals surface area contributed by atoms with Crippen LogP contribution in [0.5, 0.6) is 0 Å². The number of ether oxygens (including phenoxy) is 2. The summed E-state index contributed by atoms with van der Waals surface area (Å²) < 4.78 is 12.7. The zero-order valence-corrected chi connectivity index (χ0v) is 40.3. The van der Waals surface area contributed by atoms with Crippen molar-refractivity contribution in [2.45, 2.75) is 176 Å². The summed E-state index contributed by atoms with van der Waals surface area (Å²) in [7, 11) is -8.12. The molecule has 1 aromatic carbocycles. The van der Waals surface area contributed by atoms with Gasteiger partial charge in [-0.2, -0.15) is 0 Å². The predicted octanol–water partition coefficient (Wildman–Crippen LogP) is 12.2. The van der Waals surface area contributed by atoms with Crippen molar-refractivity contribution < 1.29 is 14.3 Å². The van der Waals surface area contributed by atoms with Gasteiger partial charge < -0.3 is 9.47 Å². The Hall–Kier alpha value is -2.08. The molecule has 0 bridgehead atoms. The van der Waals surface area contributed by atoms with Crippen LogP contribution in [-0.2, 0) is 9.47 Å². The van der Waals surface area contributed by atoms with Crippen molar-refractivity contribution in [1.82, 2.24) is 0 Å². The van der Waals surface area contributed by atoms with Gasteiger partial charge >= 0.3 is 0 Å². The second-order valence-electron chi connectivity index (χ2n) is 18.0. The van der Waals surface area contributed by atoms with E-state index in [4.69, 9.17) is 9.47 Å². The van der Waals surface area contributed by atoms with E-state index in [2.05, 4.69) is 168 Å². The van der Waals surface area contributed by atoms with Crippen LogP contribution in [0.2, 0.25) is 72.5 Å². The van der Waals surface area contributed by atoms with E-state index in [-0.39, 0.29) is 0 Å². The van der Waals surface area contributed by atoms with Crippen LogP contribution in [0.15, 0.2) is 0 Å². The van der Waals surface area contributed by atoms with E-state index in [9.17, 15) is 4.79 Å². The van der Waals surface area contributed by atoms with Gasteiger partial charge in [-0.15, -0.1) is 22.2 Å². The number of rotatable bonds is 12. The molecule has 3 nitrogen and oxygen atoms in total. The summed E-state index contributed by atoms with van der Waals surface area (Å²) in [5.74, 6) is 14.8. The van der Waals surface area contributed by atoms with Crippen molar-refractivity contribution >= 4 is 38.6 Å². The fourth-order valence-corrected chi connectivity index (χ4v) is 19.3. The SMILES string of the molecule is CCOC(OCC)c1c(C#C[Si](C(C)C)(C(C)C)C(C)C)c(C#C[Si](C)(C)C)c(C#C[Si](C)(C)C)c(C#C[Si](C(C)C)(C(C)C)C(C)C)c1C=O. The number of aldehydes is 1. The summed E-state index contributed by atoms with van der Waals surface area (Å²) in [6.07, 6.45) is 0.152. The topological polar surface area (TPSA) is 35.5 Å². The summed E-state index contributed by atoms with van der Waals surface area (Å²) in [6.45, 7) is 46.1. The Labute approximate surface area is 319 Å². The summed E-state index contributed by atoms with van der Waals surface area (Å²) >= 11 is 0. The normalized spacial score (nSPS) is 12.5.